The zero-order valence-electron chi connectivity index (χ0n) is 18.2. The lowest BCUT2D eigenvalue weighted by atomic mass is 9.86. The van der Waals surface area contributed by atoms with Crippen molar-refractivity contribution in [2.24, 2.45) is 0 Å². The van der Waals surface area contributed by atoms with Crippen molar-refractivity contribution >= 4 is 17.4 Å². The average Bonchev–Trinajstić information content (AvgIpc) is 2.79. The van der Waals surface area contributed by atoms with Crippen LogP contribution in [0.25, 0.3) is 0 Å². The van der Waals surface area contributed by atoms with Crippen LogP contribution >= 0.6 is 0 Å². The van der Waals surface area contributed by atoms with Crippen LogP contribution in [0.15, 0.2) is 36.5 Å². The normalized spacial score (nSPS) is 17.9. The minimum atomic E-state index is 0.0891. The summed E-state index contributed by atoms with van der Waals surface area (Å²) in [4.78, 5) is 19.4. The van der Waals surface area contributed by atoms with E-state index in [2.05, 4.69) is 59.0 Å². The second kappa shape index (κ2) is 8.60. The van der Waals surface area contributed by atoms with Gasteiger partial charge in [0.05, 0.1) is 25.1 Å². The third kappa shape index (κ3) is 4.56. The largest absolute Gasteiger partial charge is 0.378 e. The third-order valence-electron chi connectivity index (χ3n) is 5.89. The van der Waals surface area contributed by atoms with Crippen LogP contribution in [0.1, 0.15) is 36.7 Å². The minimum Gasteiger partial charge on any atom is -0.378 e. The molecule has 1 amide bonds. The molecule has 3 heterocycles. The molecule has 0 saturated carbocycles. The fourth-order valence-corrected chi connectivity index (χ4v) is 3.93. The summed E-state index contributed by atoms with van der Waals surface area (Å²) in [7, 11) is 0. The summed E-state index contributed by atoms with van der Waals surface area (Å²) in [5, 5.41) is 8.50. The average molecular weight is 410 g/mol. The molecule has 2 saturated heterocycles. The molecule has 2 aliphatic rings. The summed E-state index contributed by atoms with van der Waals surface area (Å²) < 4.78 is 5.42. The first kappa shape index (κ1) is 20.6. The Bertz CT molecular complexity index is 864. The van der Waals surface area contributed by atoms with Crippen LogP contribution in [0.3, 0.4) is 0 Å². The van der Waals surface area contributed by atoms with Gasteiger partial charge in [-0.2, -0.15) is 5.10 Å². The van der Waals surface area contributed by atoms with Gasteiger partial charge in [-0.05, 0) is 23.1 Å². The molecule has 0 aliphatic carbocycles. The van der Waals surface area contributed by atoms with Crippen LogP contribution in [-0.4, -0.2) is 73.5 Å². The highest BCUT2D eigenvalue weighted by atomic mass is 16.5. The summed E-state index contributed by atoms with van der Waals surface area (Å²) in [5.74, 6) is 1.00. The second-order valence-corrected chi connectivity index (χ2v) is 8.98. The molecule has 2 fully saturated rings. The summed E-state index contributed by atoms with van der Waals surface area (Å²) in [6, 6.07) is 10.1. The maximum absolute atomic E-state index is 12.9. The molecule has 1 aromatic heterocycles. The highest BCUT2D eigenvalue weighted by molar-refractivity contribution is 5.94. The molecule has 0 N–H and O–H groups in total. The van der Waals surface area contributed by atoms with Crippen molar-refractivity contribution in [1.82, 2.24) is 15.1 Å². The van der Waals surface area contributed by atoms with E-state index in [1.165, 1.54) is 5.56 Å². The number of benzene rings is 1. The van der Waals surface area contributed by atoms with Crippen LogP contribution in [-0.2, 0) is 10.2 Å². The lowest BCUT2D eigenvalue weighted by Gasteiger charge is -2.36. The Labute approximate surface area is 178 Å². The van der Waals surface area contributed by atoms with Gasteiger partial charge in [-0.25, -0.2) is 0 Å². The number of hydrogen-bond donors (Lipinski definition) is 0. The van der Waals surface area contributed by atoms with Crippen LogP contribution in [0.4, 0.5) is 11.5 Å². The van der Waals surface area contributed by atoms with Gasteiger partial charge < -0.3 is 19.4 Å². The van der Waals surface area contributed by atoms with Crippen LogP contribution in [0.5, 0.6) is 0 Å². The SMILES string of the molecule is CC(C)(C)c1ccc(C(=O)N2CCN(c3cnnc(N4CCOCC4)c3)CC2)cc1. The number of nitrogens with zero attached hydrogens (tertiary/aromatic N) is 5. The fourth-order valence-electron chi connectivity index (χ4n) is 3.93. The Kier molecular flexibility index (Phi) is 5.90. The Balaban J connectivity index is 1.37. The van der Waals surface area contributed by atoms with Crippen molar-refractivity contribution in [3.8, 4) is 0 Å². The third-order valence-corrected chi connectivity index (χ3v) is 5.89. The van der Waals surface area contributed by atoms with Crippen molar-refractivity contribution in [3.63, 3.8) is 0 Å². The Hall–Kier alpha value is -2.67. The van der Waals surface area contributed by atoms with Crippen LogP contribution in [0, 0.1) is 0 Å². The summed E-state index contributed by atoms with van der Waals surface area (Å²) in [5.41, 5.74) is 3.15. The van der Waals surface area contributed by atoms with Gasteiger partial charge in [-0.1, -0.05) is 32.9 Å². The van der Waals surface area contributed by atoms with Crippen molar-refractivity contribution in [3.05, 3.63) is 47.7 Å². The molecular formula is C23H31N5O2. The molecule has 0 spiro atoms. The second-order valence-electron chi connectivity index (χ2n) is 8.98. The van der Waals surface area contributed by atoms with Crippen LogP contribution < -0.4 is 9.80 Å². The van der Waals surface area contributed by atoms with Crippen LogP contribution in [0.2, 0.25) is 0 Å². The van der Waals surface area contributed by atoms with E-state index in [-0.39, 0.29) is 11.3 Å². The molecule has 0 radical (unpaired) electrons. The Morgan fingerprint density at radius 1 is 0.933 bits per heavy atom. The quantitative estimate of drug-likeness (QED) is 0.777. The number of ether oxygens (including phenoxy) is 1. The standard InChI is InChI=1S/C23H31N5O2/c1-23(2,3)19-6-4-18(5-7-19)22(29)28-10-8-26(9-11-28)20-16-21(25-24-17-20)27-12-14-30-15-13-27/h4-7,16-17H,8-15H2,1-3H3. The van der Waals surface area contributed by atoms with Gasteiger partial charge in [0.25, 0.3) is 5.91 Å². The maximum atomic E-state index is 12.9. The van der Waals surface area contributed by atoms with E-state index >= 15 is 0 Å². The highest BCUT2D eigenvalue weighted by Gasteiger charge is 2.24. The molecule has 160 valence electrons. The highest BCUT2D eigenvalue weighted by Crippen LogP contribution is 2.24. The lowest BCUT2D eigenvalue weighted by molar-refractivity contribution is 0.0746. The first-order chi connectivity index (χ1) is 14.4. The van der Waals surface area contributed by atoms with Gasteiger partial charge in [0.15, 0.2) is 5.82 Å². The number of hydrogen-bond acceptors (Lipinski definition) is 6. The monoisotopic (exact) mass is 409 g/mol. The van der Waals surface area contributed by atoms with E-state index in [0.29, 0.717) is 13.1 Å². The zero-order chi connectivity index (χ0) is 21.1. The van der Waals surface area contributed by atoms with Crippen molar-refractivity contribution < 1.29 is 9.53 Å². The van der Waals surface area contributed by atoms with Gasteiger partial charge in [0.1, 0.15) is 0 Å². The molecule has 0 atom stereocenters. The Morgan fingerprint density at radius 3 is 2.23 bits per heavy atom. The van der Waals surface area contributed by atoms with Gasteiger partial charge in [-0.3, -0.25) is 4.79 Å². The molecule has 7 heteroatoms. The van der Waals surface area contributed by atoms with Gasteiger partial charge in [0, 0.05) is 50.9 Å². The number of aromatic nitrogens is 2. The molecule has 7 nitrogen and oxygen atoms in total. The lowest BCUT2D eigenvalue weighted by Crippen LogP contribution is -2.49. The summed E-state index contributed by atoms with van der Waals surface area (Å²) >= 11 is 0. The summed E-state index contributed by atoms with van der Waals surface area (Å²) in [6.45, 7) is 12.7. The number of carbonyl (C=O) groups is 1. The topological polar surface area (TPSA) is 61.8 Å². The van der Waals surface area contributed by atoms with E-state index in [0.717, 1.165) is 56.5 Å². The van der Waals surface area contributed by atoms with Gasteiger partial charge >= 0.3 is 0 Å². The number of rotatable bonds is 3. The maximum Gasteiger partial charge on any atom is 0.253 e. The fraction of sp³-hybridized carbons (Fsp3) is 0.522. The molecule has 30 heavy (non-hydrogen) atoms. The molecule has 0 unspecified atom stereocenters. The van der Waals surface area contributed by atoms with E-state index in [4.69, 9.17) is 4.74 Å². The molecule has 2 aliphatic heterocycles. The first-order valence-electron chi connectivity index (χ1n) is 10.7. The molecule has 1 aromatic carbocycles. The zero-order valence-corrected chi connectivity index (χ0v) is 18.2. The van der Waals surface area contributed by atoms with E-state index < -0.39 is 0 Å². The first-order valence-corrected chi connectivity index (χ1v) is 10.7. The summed E-state index contributed by atoms with van der Waals surface area (Å²) in [6.07, 6.45) is 1.81. The molecular weight excluding hydrogens is 378 g/mol. The number of anilines is 2. The van der Waals surface area contributed by atoms with E-state index in [9.17, 15) is 4.79 Å². The minimum absolute atomic E-state index is 0.0891. The molecule has 0 bridgehead atoms. The van der Waals surface area contributed by atoms with Crippen molar-refractivity contribution in [1.29, 1.82) is 0 Å². The number of amides is 1. The smallest absolute Gasteiger partial charge is 0.253 e. The predicted molar refractivity (Wildman–Crippen MR) is 118 cm³/mol. The van der Waals surface area contributed by atoms with E-state index in [1.54, 1.807) is 0 Å². The van der Waals surface area contributed by atoms with Gasteiger partial charge in [0.2, 0.25) is 0 Å². The number of morpholine rings is 1. The molecule has 2 aromatic rings. The molecule has 4 rings (SSSR count). The predicted octanol–water partition coefficient (Wildman–Crippen LogP) is 2.57. The Morgan fingerprint density at radius 2 is 1.60 bits per heavy atom. The van der Waals surface area contributed by atoms with Crippen molar-refractivity contribution in [2.75, 3.05) is 62.3 Å². The van der Waals surface area contributed by atoms with Gasteiger partial charge in [-0.15, -0.1) is 5.10 Å². The number of piperazine rings is 1. The number of carbonyl (C=O) groups excluding carboxylic acids is 1. The van der Waals surface area contributed by atoms with E-state index in [1.807, 2.05) is 23.2 Å². The van der Waals surface area contributed by atoms with Crippen molar-refractivity contribution in [2.45, 2.75) is 26.2 Å².